The summed E-state index contributed by atoms with van der Waals surface area (Å²) in [7, 11) is 0. The Labute approximate surface area is 85.9 Å². The highest BCUT2D eigenvalue weighted by Crippen LogP contribution is 2.29. The molecule has 0 spiro atoms. The molecule has 74 valence electrons. The number of hydrogen-bond acceptors (Lipinski definition) is 6. The maximum absolute atomic E-state index is 8.90. The van der Waals surface area contributed by atoms with E-state index in [2.05, 4.69) is 15.3 Å². The summed E-state index contributed by atoms with van der Waals surface area (Å²) in [4.78, 5) is 2.09. The molecule has 1 fully saturated rings. The summed E-state index contributed by atoms with van der Waals surface area (Å²) in [5, 5.41) is 9.77. The Balaban J connectivity index is 2.26. The largest absolute Gasteiger partial charge is 0.382 e. The highest BCUT2D eigenvalue weighted by Gasteiger charge is 2.19. The Hall–Kier alpha value is -1.32. The number of nitrogens with zero attached hydrogens (tertiary/aromatic N) is 3. The van der Waals surface area contributed by atoms with Crippen molar-refractivity contribution in [3.63, 3.8) is 0 Å². The Morgan fingerprint density at radius 1 is 1.50 bits per heavy atom. The Kier molecular flexibility index (Phi) is 2.52. The van der Waals surface area contributed by atoms with Crippen molar-refractivity contribution in [2.75, 3.05) is 36.9 Å². The summed E-state index contributed by atoms with van der Waals surface area (Å²) in [6.45, 7) is 3.00. The van der Waals surface area contributed by atoms with Gasteiger partial charge in [0, 0.05) is 13.1 Å². The van der Waals surface area contributed by atoms with Gasteiger partial charge in [0.15, 0.2) is 5.82 Å². The van der Waals surface area contributed by atoms with Gasteiger partial charge in [-0.3, -0.25) is 0 Å². The van der Waals surface area contributed by atoms with E-state index in [1.54, 1.807) is 0 Å². The van der Waals surface area contributed by atoms with Gasteiger partial charge in [-0.25, -0.2) is 0 Å². The number of nitriles is 1. The first-order valence-corrected chi connectivity index (χ1v) is 5.08. The predicted molar refractivity (Wildman–Crippen MR) is 54.3 cm³/mol. The molecule has 0 aromatic carbocycles. The van der Waals surface area contributed by atoms with E-state index in [-0.39, 0.29) is 0 Å². The van der Waals surface area contributed by atoms with Crippen LogP contribution in [0.2, 0.25) is 0 Å². The van der Waals surface area contributed by atoms with Crippen LogP contribution in [-0.2, 0) is 4.74 Å². The molecular formula is C8H10N4OS. The molecule has 0 saturated carbocycles. The molecule has 0 radical (unpaired) electrons. The molecule has 0 amide bonds. The number of ether oxygens (including phenoxy) is 1. The van der Waals surface area contributed by atoms with Crippen molar-refractivity contribution in [1.82, 2.24) is 4.37 Å². The monoisotopic (exact) mass is 210 g/mol. The van der Waals surface area contributed by atoms with E-state index in [0.29, 0.717) is 24.6 Å². The Morgan fingerprint density at radius 3 is 2.86 bits per heavy atom. The van der Waals surface area contributed by atoms with Crippen LogP contribution in [0.15, 0.2) is 0 Å². The number of morpholine rings is 1. The second-order valence-electron chi connectivity index (χ2n) is 2.96. The number of nitrogen functional groups attached to an aromatic ring is 1. The third kappa shape index (κ3) is 1.52. The minimum absolute atomic E-state index is 0.332. The lowest BCUT2D eigenvalue weighted by Gasteiger charge is -2.27. The smallest absolute Gasteiger partial charge is 0.157 e. The van der Waals surface area contributed by atoms with Crippen LogP contribution >= 0.6 is 11.5 Å². The fourth-order valence-electron chi connectivity index (χ4n) is 1.38. The molecule has 1 aliphatic heterocycles. The molecule has 1 aromatic rings. The van der Waals surface area contributed by atoms with Crippen molar-refractivity contribution < 1.29 is 4.74 Å². The molecule has 0 atom stereocenters. The minimum atomic E-state index is 0.332. The summed E-state index contributed by atoms with van der Waals surface area (Å²) in [5.41, 5.74) is 6.07. The van der Waals surface area contributed by atoms with E-state index in [1.165, 1.54) is 11.5 Å². The van der Waals surface area contributed by atoms with Crippen molar-refractivity contribution in [2.45, 2.75) is 0 Å². The fraction of sp³-hybridized carbons (Fsp3) is 0.500. The van der Waals surface area contributed by atoms with Crippen molar-refractivity contribution in [1.29, 1.82) is 5.26 Å². The zero-order valence-corrected chi connectivity index (χ0v) is 8.38. The quantitative estimate of drug-likeness (QED) is 0.727. The van der Waals surface area contributed by atoms with Gasteiger partial charge < -0.3 is 15.4 Å². The maximum Gasteiger partial charge on any atom is 0.157 e. The predicted octanol–water partition coefficient (Wildman–Crippen LogP) is 0.434. The zero-order valence-electron chi connectivity index (χ0n) is 7.56. The first kappa shape index (κ1) is 9.24. The first-order chi connectivity index (χ1) is 6.83. The first-order valence-electron chi connectivity index (χ1n) is 4.31. The van der Waals surface area contributed by atoms with Gasteiger partial charge in [0.1, 0.15) is 16.6 Å². The van der Waals surface area contributed by atoms with Gasteiger partial charge in [0.25, 0.3) is 0 Å². The highest BCUT2D eigenvalue weighted by atomic mass is 32.1. The Morgan fingerprint density at radius 2 is 2.21 bits per heavy atom. The summed E-state index contributed by atoms with van der Waals surface area (Å²) >= 11 is 1.28. The summed E-state index contributed by atoms with van der Waals surface area (Å²) in [6.07, 6.45) is 0. The van der Waals surface area contributed by atoms with Crippen LogP contribution in [-0.4, -0.2) is 30.7 Å². The van der Waals surface area contributed by atoms with E-state index in [1.807, 2.05) is 0 Å². The third-order valence-electron chi connectivity index (χ3n) is 2.11. The molecule has 0 bridgehead atoms. The zero-order chi connectivity index (χ0) is 9.97. The second-order valence-corrected chi connectivity index (χ2v) is 3.71. The van der Waals surface area contributed by atoms with Crippen molar-refractivity contribution in [3.05, 3.63) is 5.56 Å². The van der Waals surface area contributed by atoms with Gasteiger partial charge in [-0.1, -0.05) is 0 Å². The number of rotatable bonds is 1. The lowest BCUT2D eigenvalue weighted by Crippen LogP contribution is -2.36. The van der Waals surface area contributed by atoms with Crippen LogP contribution in [0.5, 0.6) is 0 Å². The van der Waals surface area contributed by atoms with Crippen LogP contribution in [0, 0.1) is 11.3 Å². The summed E-state index contributed by atoms with van der Waals surface area (Å²) in [6, 6.07) is 2.08. The molecule has 14 heavy (non-hydrogen) atoms. The second kappa shape index (κ2) is 3.82. The average Bonchev–Trinajstić information content (AvgIpc) is 2.61. The van der Waals surface area contributed by atoms with Crippen LogP contribution in [0.4, 0.5) is 10.8 Å². The van der Waals surface area contributed by atoms with Crippen molar-refractivity contribution >= 4 is 22.4 Å². The highest BCUT2D eigenvalue weighted by molar-refractivity contribution is 7.10. The van der Waals surface area contributed by atoms with Crippen LogP contribution in [0.3, 0.4) is 0 Å². The van der Waals surface area contributed by atoms with E-state index in [4.69, 9.17) is 15.7 Å². The molecule has 0 aliphatic carbocycles. The number of aromatic nitrogens is 1. The van der Waals surface area contributed by atoms with Gasteiger partial charge in [-0.2, -0.15) is 9.64 Å². The van der Waals surface area contributed by atoms with Gasteiger partial charge in [0.2, 0.25) is 0 Å². The van der Waals surface area contributed by atoms with Crippen LogP contribution in [0.25, 0.3) is 0 Å². The SMILES string of the molecule is N#Cc1c(N)nsc1N1CCOCC1. The summed E-state index contributed by atoms with van der Waals surface area (Å²) < 4.78 is 9.21. The van der Waals surface area contributed by atoms with Crippen LogP contribution in [0.1, 0.15) is 5.56 Å². The molecule has 2 rings (SSSR count). The topological polar surface area (TPSA) is 75.2 Å². The molecule has 5 nitrogen and oxygen atoms in total. The number of hydrogen-bond donors (Lipinski definition) is 1. The molecule has 6 heteroatoms. The average molecular weight is 210 g/mol. The normalized spacial score (nSPS) is 16.6. The molecule has 0 unspecified atom stereocenters. The molecule has 1 aromatic heterocycles. The van der Waals surface area contributed by atoms with Crippen molar-refractivity contribution in [3.8, 4) is 6.07 Å². The van der Waals surface area contributed by atoms with Gasteiger partial charge >= 0.3 is 0 Å². The van der Waals surface area contributed by atoms with E-state index >= 15 is 0 Å². The molecular weight excluding hydrogens is 200 g/mol. The lowest BCUT2D eigenvalue weighted by atomic mass is 10.3. The minimum Gasteiger partial charge on any atom is -0.382 e. The molecule has 2 N–H and O–H groups in total. The van der Waals surface area contributed by atoms with Crippen molar-refractivity contribution in [2.24, 2.45) is 0 Å². The third-order valence-corrected chi connectivity index (χ3v) is 3.03. The number of anilines is 2. The summed E-state index contributed by atoms with van der Waals surface area (Å²) in [5.74, 6) is 0.332. The Bertz CT molecular complexity index is 364. The van der Waals surface area contributed by atoms with E-state index in [9.17, 15) is 0 Å². The standard InChI is InChI=1S/C8H10N4OS/c9-5-6-7(10)11-14-8(6)12-1-3-13-4-2-12/h1-4H2,(H2,10,11). The maximum atomic E-state index is 8.90. The van der Waals surface area contributed by atoms with Crippen LogP contribution < -0.4 is 10.6 Å². The molecule has 1 aliphatic rings. The lowest BCUT2D eigenvalue weighted by molar-refractivity contribution is 0.123. The van der Waals surface area contributed by atoms with Gasteiger partial charge in [0.05, 0.1) is 13.2 Å². The molecule has 2 heterocycles. The van der Waals surface area contributed by atoms with Gasteiger partial charge in [-0.05, 0) is 11.5 Å². The fourth-order valence-corrected chi connectivity index (χ4v) is 2.20. The van der Waals surface area contributed by atoms with E-state index < -0.39 is 0 Å². The number of nitrogens with two attached hydrogens (primary N) is 1. The molecule has 1 saturated heterocycles. The van der Waals surface area contributed by atoms with E-state index in [0.717, 1.165) is 18.1 Å². The van der Waals surface area contributed by atoms with Gasteiger partial charge in [-0.15, -0.1) is 0 Å².